The molecule has 2 aliphatic carbocycles. The zero-order valence-corrected chi connectivity index (χ0v) is 13.4. The Hall–Kier alpha value is -2.23. The van der Waals surface area contributed by atoms with Crippen LogP contribution in [0.25, 0.3) is 10.9 Å². The fraction of sp³-hybridized carbons (Fsp3) is 0.421. The van der Waals surface area contributed by atoms with E-state index in [0.717, 1.165) is 29.1 Å². The van der Waals surface area contributed by atoms with Gasteiger partial charge in [-0.25, -0.2) is 0 Å². The van der Waals surface area contributed by atoms with E-state index in [1.54, 1.807) is 7.11 Å². The van der Waals surface area contributed by atoms with Crippen molar-refractivity contribution in [2.45, 2.75) is 19.4 Å². The third kappa shape index (κ3) is 2.62. The largest absolute Gasteiger partial charge is 0.495 e. The molecule has 1 aromatic carbocycles. The fourth-order valence-electron chi connectivity index (χ4n) is 4.11. The van der Waals surface area contributed by atoms with E-state index in [9.17, 15) is 4.79 Å². The van der Waals surface area contributed by atoms with Crippen molar-refractivity contribution in [1.29, 1.82) is 0 Å². The molecular weight excluding hydrogens is 288 g/mol. The highest BCUT2D eigenvalue weighted by Gasteiger charge is 2.35. The summed E-state index contributed by atoms with van der Waals surface area (Å²) in [6.45, 7) is 1.13. The number of nitrogens with zero attached hydrogens (tertiary/aromatic N) is 1. The molecule has 0 saturated heterocycles. The van der Waals surface area contributed by atoms with Gasteiger partial charge in [0.15, 0.2) is 0 Å². The van der Waals surface area contributed by atoms with E-state index in [-0.39, 0.29) is 5.91 Å². The van der Waals surface area contributed by atoms with Gasteiger partial charge in [-0.3, -0.25) is 4.79 Å². The first-order valence-electron chi connectivity index (χ1n) is 8.31. The SMILES string of the molecule is COc1cccc2ccn(CC(=O)NC[C@H]3C[C@@H]4C=C[C@H]3C4)c12. The van der Waals surface area contributed by atoms with Gasteiger partial charge < -0.3 is 14.6 Å². The van der Waals surface area contributed by atoms with E-state index in [4.69, 9.17) is 4.74 Å². The number of methoxy groups -OCH3 is 1. The standard InChI is InChI=1S/C19H22N2O2/c1-23-17-4-2-3-14-7-8-21(19(14)17)12-18(22)20-11-16-10-13-5-6-15(16)9-13/h2-8,13,15-16H,9-12H2,1H3,(H,20,22)/t13-,15+,16-/m1/s1. The van der Waals surface area contributed by atoms with Crippen LogP contribution in [0.2, 0.25) is 0 Å². The van der Waals surface area contributed by atoms with E-state index < -0.39 is 0 Å². The summed E-state index contributed by atoms with van der Waals surface area (Å²) in [6, 6.07) is 7.95. The molecule has 0 aliphatic heterocycles. The van der Waals surface area contributed by atoms with Crippen molar-refractivity contribution in [3.05, 3.63) is 42.6 Å². The average molecular weight is 310 g/mol. The van der Waals surface area contributed by atoms with Crippen molar-refractivity contribution in [3.63, 3.8) is 0 Å². The maximum Gasteiger partial charge on any atom is 0.239 e. The van der Waals surface area contributed by atoms with Crippen molar-refractivity contribution in [3.8, 4) is 5.75 Å². The lowest BCUT2D eigenvalue weighted by molar-refractivity contribution is -0.121. The molecule has 4 heteroatoms. The van der Waals surface area contributed by atoms with Crippen molar-refractivity contribution < 1.29 is 9.53 Å². The monoisotopic (exact) mass is 310 g/mol. The predicted molar refractivity (Wildman–Crippen MR) is 90.3 cm³/mol. The topological polar surface area (TPSA) is 43.3 Å². The molecule has 1 fully saturated rings. The van der Waals surface area contributed by atoms with Crippen LogP contribution >= 0.6 is 0 Å². The summed E-state index contributed by atoms with van der Waals surface area (Å²) < 4.78 is 7.39. The number of hydrogen-bond acceptors (Lipinski definition) is 2. The Balaban J connectivity index is 1.42. The highest BCUT2D eigenvalue weighted by Crippen LogP contribution is 2.42. The Kier molecular flexibility index (Phi) is 3.60. The molecule has 120 valence electrons. The first-order valence-corrected chi connectivity index (χ1v) is 8.31. The van der Waals surface area contributed by atoms with Crippen LogP contribution in [0.3, 0.4) is 0 Å². The summed E-state index contributed by atoms with van der Waals surface area (Å²) in [4.78, 5) is 12.3. The number of fused-ring (bicyclic) bond motifs is 3. The van der Waals surface area contributed by atoms with Gasteiger partial charge in [-0.15, -0.1) is 0 Å². The van der Waals surface area contributed by atoms with Gasteiger partial charge in [-0.1, -0.05) is 24.3 Å². The van der Waals surface area contributed by atoms with Crippen LogP contribution in [0.4, 0.5) is 0 Å². The number of hydrogen-bond donors (Lipinski definition) is 1. The summed E-state index contributed by atoms with van der Waals surface area (Å²) in [6.07, 6.45) is 9.12. The summed E-state index contributed by atoms with van der Waals surface area (Å²) in [5, 5.41) is 4.21. The van der Waals surface area contributed by atoms with Crippen molar-refractivity contribution in [1.82, 2.24) is 9.88 Å². The van der Waals surface area contributed by atoms with Gasteiger partial charge in [0, 0.05) is 18.1 Å². The van der Waals surface area contributed by atoms with Gasteiger partial charge in [0.2, 0.25) is 5.91 Å². The molecule has 2 bridgehead atoms. The molecule has 0 unspecified atom stereocenters. The van der Waals surface area contributed by atoms with Gasteiger partial charge >= 0.3 is 0 Å². The minimum atomic E-state index is 0.0696. The first-order chi connectivity index (χ1) is 11.2. The second kappa shape index (κ2) is 5.76. The smallest absolute Gasteiger partial charge is 0.239 e. The summed E-state index contributed by atoms with van der Waals surface area (Å²) in [7, 11) is 1.66. The minimum absolute atomic E-state index is 0.0696. The summed E-state index contributed by atoms with van der Waals surface area (Å²) in [5.74, 6) is 2.91. The number of rotatable bonds is 5. The molecule has 0 radical (unpaired) electrons. The maximum absolute atomic E-state index is 12.3. The predicted octanol–water partition coefficient (Wildman–Crippen LogP) is 2.98. The van der Waals surface area contributed by atoms with Gasteiger partial charge in [-0.05, 0) is 42.7 Å². The van der Waals surface area contributed by atoms with E-state index in [0.29, 0.717) is 18.4 Å². The quantitative estimate of drug-likeness (QED) is 0.863. The van der Waals surface area contributed by atoms with Crippen molar-refractivity contribution in [2.75, 3.05) is 13.7 Å². The number of carbonyl (C=O) groups is 1. The Morgan fingerprint density at radius 3 is 2.96 bits per heavy atom. The number of para-hydroxylation sites is 1. The van der Waals surface area contributed by atoms with E-state index in [2.05, 4.69) is 17.5 Å². The van der Waals surface area contributed by atoms with Crippen molar-refractivity contribution in [2.24, 2.45) is 17.8 Å². The fourth-order valence-corrected chi connectivity index (χ4v) is 4.11. The number of ether oxygens (including phenoxy) is 1. The molecule has 1 saturated carbocycles. The van der Waals surface area contributed by atoms with Gasteiger partial charge in [0.1, 0.15) is 12.3 Å². The second-order valence-corrected chi connectivity index (χ2v) is 6.69. The normalized spacial score (nSPS) is 25.2. The highest BCUT2D eigenvalue weighted by atomic mass is 16.5. The molecule has 3 atom stereocenters. The first kappa shape index (κ1) is 14.4. The highest BCUT2D eigenvalue weighted by molar-refractivity contribution is 5.87. The van der Waals surface area contributed by atoms with Crippen LogP contribution in [-0.4, -0.2) is 24.1 Å². The van der Waals surface area contributed by atoms with E-state index in [1.165, 1.54) is 12.8 Å². The Morgan fingerprint density at radius 1 is 1.30 bits per heavy atom. The molecule has 2 aromatic rings. The number of nitrogens with one attached hydrogen (secondary N) is 1. The number of benzene rings is 1. The van der Waals surface area contributed by atoms with Crippen LogP contribution in [0.5, 0.6) is 5.75 Å². The number of amides is 1. The number of aromatic nitrogens is 1. The number of carbonyl (C=O) groups excluding carboxylic acids is 1. The van der Waals surface area contributed by atoms with Crippen molar-refractivity contribution >= 4 is 16.8 Å². The Labute approximate surface area is 136 Å². The minimum Gasteiger partial charge on any atom is -0.495 e. The molecule has 4 nitrogen and oxygen atoms in total. The summed E-state index contributed by atoms with van der Waals surface area (Å²) in [5.41, 5.74) is 0.980. The molecule has 1 amide bonds. The number of allylic oxidation sites excluding steroid dienone is 2. The molecule has 23 heavy (non-hydrogen) atoms. The van der Waals surface area contributed by atoms with Crippen LogP contribution in [0.1, 0.15) is 12.8 Å². The van der Waals surface area contributed by atoms with E-state index >= 15 is 0 Å². The van der Waals surface area contributed by atoms with Gasteiger partial charge in [0.05, 0.1) is 12.6 Å². The molecule has 1 heterocycles. The molecule has 0 spiro atoms. The summed E-state index contributed by atoms with van der Waals surface area (Å²) >= 11 is 0. The Bertz CT molecular complexity index is 762. The molecule has 1 aromatic heterocycles. The molecule has 2 aliphatic rings. The Morgan fingerprint density at radius 2 is 2.22 bits per heavy atom. The third-order valence-electron chi connectivity index (χ3n) is 5.26. The molecule has 1 N–H and O–H groups in total. The molecular formula is C19H22N2O2. The van der Waals surface area contributed by atoms with Crippen LogP contribution in [0.15, 0.2) is 42.6 Å². The third-order valence-corrected chi connectivity index (χ3v) is 5.26. The van der Waals surface area contributed by atoms with Crippen LogP contribution in [0, 0.1) is 17.8 Å². The second-order valence-electron chi connectivity index (χ2n) is 6.69. The maximum atomic E-state index is 12.3. The van der Waals surface area contributed by atoms with Gasteiger partial charge in [-0.2, -0.15) is 0 Å². The molecule has 4 rings (SSSR count). The van der Waals surface area contributed by atoms with Crippen LogP contribution in [-0.2, 0) is 11.3 Å². The lowest BCUT2D eigenvalue weighted by Gasteiger charge is -2.18. The lowest BCUT2D eigenvalue weighted by Crippen LogP contribution is -2.33. The van der Waals surface area contributed by atoms with Crippen LogP contribution < -0.4 is 10.1 Å². The lowest BCUT2D eigenvalue weighted by atomic mass is 9.94. The average Bonchev–Trinajstić information content (AvgIpc) is 3.28. The van der Waals surface area contributed by atoms with Gasteiger partial charge in [0.25, 0.3) is 0 Å². The van der Waals surface area contributed by atoms with E-state index in [1.807, 2.05) is 35.0 Å². The zero-order valence-electron chi connectivity index (χ0n) is 13.4. The zero-order chi connectivity index (χ0) is 15.8.